The van der Waals surface area contributed by atoms with E-state index in [0.29, 0.717) is 6.61 Å². The summed E-state index contributed by atoms with van der Waals surface area (Å²) in [7, 11) is -3.84. The molecule has 2 N–H and O–H groups in total. The van der Waals surface area contributed by atoms with Gasteiger partial charge in [0.15, 0.2) is 5.25 Å². The lowest BCUT2D eigenvalue weighted by molar-refractivity contribution is -0.136. The Kier molecular flexibility index (Phi) is 5.37. The second-order valence-corrected chi connectivity index (χ2v) is 6.13. The van der Waals surface area contributed by atoms with Crippen molar-refractivity contribution in [2.24, 2.45) is 0 Å². The van der Waals surface area contributed by atoms with Crippen LogP contribution in [-0.2, 0) is 19.6 Å². The van der Waals surface area contributed by atoms with Crippen LogP contribution in [0.1, 0.15) is 27.7 Å². The molecular weight excluding hydrogens is 234 g/mol. The van der Waals surface area contributed by atoms with Gasteiger partial charge in [-0.3, -0.25) is 4.79 Å². The summed E-state index contributed by atoms with van der Waals surface area (Å²) in [5, 5.41) is 7.13. The van der Waals surface area contributed by atoms with Gasteiger partial charge in [0.05, 0.1) is 5.60 Å². The van der Waals surface area contributed by atoms with Crippen LogP contribution >= 0.6 is 0 Å². The Balaban J connectivity index is 4.46. The lowest BCUT2D eigenvalue weighted by atomic mass is 10.1. The van der Waals surface area contributed by atoms with Gasteiger partial charge in [-0.15, -0.1) is 0 Å². The van der Waals surface area contributed by atoms with Gasteiger partial charge in [0.25, 0.3) is 0 Å². The third-order valence-corrected chi connectivity index (χ3v) is 3.73. The molecule has 0 radical (unpaired) electrons. The summed E-state index contributed by atoms with van der Waals surface area (Å²) in [6.45, 7) is 6.88. The van der Waals surface area contributed by atoms with Gasteiger partial charge < -0.3 is 9.84 Å². The largest absolute Gasteiger partial charge is 0.480 e. The maximum atomic E-state index is 11.5. The van der Waals surface area contributed by atoms with E-state index in [1.165, 1.54) is 0 Å². The number of sulfonamides is 1. The lowest BCUT2D eigenvalue weighted by Crippen LogP contribution is -2.45. The number of ether oxygens (including phenoxy) is 1. The van der Waals surface area contributed by atoms with E-state index < -0.39 is 26.8 Å². The second kappa shape index (κ2) is 5.60. The molecule has 0 saturated carbocycles. The fourth-order valence-electron chi connectivity index (χ4n) is 0.974. The summed E-state index contributed by atoms with van der Waals surface area (Å²) in [4.78, 5) is 10.5. The van der Waals surface area contributed by atoms with Crippen LogP contribution in [0.25, 0.3) is 0 Å². The van der Waals surface area contributed by atoms with E-state index in [1.54, 1.807) is 20.8 Å². The molecule has 0 fully saturated rings. The molecule has 1 atom stereocenters. The minimum Gasteiger partial charge on any atom is -0.480 e. The van der Waals surface area contributed by atoms with Crippen molar-refractivity contribution in [2.75, 3.05) is 13.2 Å². The summed E-state index contributed by atoms with van der Waals surface area (Å²) in [6, 6.07) is 0. The smallest absolute Gasteiger partial charge is 0.323 e. The standard InChI is InChI=1S/C9H19NO5S/c1-5-15-9(3,4)6-10-16(13,14)7(2)8(11)12/h7,10H,5-6H2,1-4H3,(H,11,12). The van der Waals surface area contributed by atoms with Crippen molar-refractivity contribution in [2.45, 2.75) is 38.5 Å². The molecule has 0 aromatic rings. The molecule has 0 amide bonds. The Morgan fingerprint density at radius 2 is 2.00 bits per heavy atom. The van der Waals surface area contributed by atoms with Gasteiger partial charge >= 0.3 is 5.97 Å². The molecule has 0 aromatic carbocycles. The van der Waals surface area contributed by atoms with Crippen LogP contribution < -0.4 is 4.72 Å². The number of rotatable bonds is 7. The molecule has 0 rings (SSSR count). The molecule has 96 valence electrons. The molecule has 1 unspecified atom stereocenters. The van der Waals surface area contributed by atoms with Gasteiger partial charge in [0.2, 0.25) is 10.0 Å². The van der Waals surface area contributed by atoms with Gasteiger partial charge in [-0.25, -0.2) is 13.1 Å². The van der Waals surface area contributed by atoms with Gasteiger partial charge in [-0.1, -0.05) is 0 Å². The number of carboxylic acid groups (broad SMARTS) is 1. The molecule has 0 aromatic heterocycles. The first-order valence-corrected chi connectivity index (χ1v) is 6.52. The van der Waals surface area contributed by atoms with Crippen LogP contribution in [0.3, 0.4) is 0 Å². The fourth-order valence-corrected chi connectivity index (χ4v) is 2.04. The highest BCUT2D eigenvalue weighted by Gasteiger charge is 2.29. The quantitative estimate of drug-likeness (QED) is 0.676. The molecule has 0 bridgehead atoms. The predicted molar refractivity (Wildman–Crippen MR) is 59.7 cm³/mol. The maximum absolute atomic E-state index is 11.5. The zero-order chi connectivity index (χ0) is 13.0. The van der Waals surface area contributed by atoms with Crippen molar-refractivity contribution in [1.29, 1.82) is 0 Å². The van der Waals surface area contributed by atoms with Crippen LogP contribution in [0.4, 0.5) is 0 Å². The molecular formula is C9H19NO5S. The Labute approximate surface area is 96.0 Å². The number of carbonyl (C=O) groups is 1. The third-order valence-electron chi connectivity index (χ3n) is 2.05. The van der Waals surface area contributed by atoms with E-state index in [-0.39, 0.29) is 6.54 Å². The van der Waals surface area contributed by atoms with E-state index in [1.807, 2.05) is 0 Å². The van der Waals surface area contributed by atoms with Crippen LogP contribution in [0.15, 0.2) is 0 Å². The average Bonchev–Trinajstić information content (AvgIpc) is 2.14. The van der Waals surface area contributed by atoms with E-state index in [0.717, 1.165) is 6.92 Å². The van der Waals surface area contributed by atoms with E-state index >= 15 is 0 Å². The first-order chi connectivity index (χ1) is 7.12. The molecule has 0 aliphatic heterocycles. The highest BCUT2D eigenvalue weighted by atomic mass is 32.2. The summed E-state index contributed by atoms with van der Waals surface area (Å²) in [5.74, 6) is -1.37. The Morgan fingerprint density at radius 1 is 1.50 bits per heavy atom. The van der Waals surface area contributed by atoms with E-state index in [2.05, 4.69) is 4.72 Å². The molecule has 6 nitrogen and oxygen atoms in total. The van der Waals surface area contributed by atoms with Crippen molar-refractivity contribution >= 4 is 16.0 Å². The van der Waals surface area contributed by atoms with Crippen molar-refractivity contribution in [3.8, 4) is 0 Å². The Hall–Kier alpha value is -0.660. The van der Waals surface area contributed by atoms with Gasteiger partial charge in [0.1, 0.15) is 0 Å². The second-order valence-electron chi connectivity index (χ2n) is 4.04. The van der Waals surface area contributed by atoms with Gasteiger partial charge in [-0.2, -0.15) is 0 Å². The van der Waals surface area contributed by atoms with Crippen molar-refractivity contribution in [1.82, 2.24) is 4.72 Å². The molecule has 0 aliphatic carbocycles. The molecule has 7 heteroatoms. The number of aliphatic carboxylic acids is 1. The number of hydrogen-bond donors (Lipinski definition) is 2. The minimum absolute atomic E-state index is 0.0425. The van der Waals surface area contributed by atoms with Gasteiger partial charge in [-0.05, 0) is 27.7 Å². The molecule has 0 saturated heterocycles. The highest BCUT2D eigenvalue weighted by Crippen LogP contribution is 2.08. The summed E-state index contributed by atoms with van der Waals surface area (Å²) >= 11 is 0. The predicted octanol–water partition coefficient (Wildman–Crippen LogP) is 0.194. The van der Waals surface area contributed by atoms with E-state index in [4.69, 9.17) is 9.84 Å². The summed E-state index contributed by atoms with van der Waals surface area (Å²) in [6.07, 6.45) is 0. The Bertz CT molecular complexity index is 336. The first kappa shape index (κ1) is 15.3. The molecule has 0 spiro atoms. The normalized spacial score (nSPS) is 14.8. The van der Waals surface area contributed by atoms with Gasteiger partial charge in [0, 0.05) is 13.2 Å². The lowest BCUT2D eigenvalue weighted by Gasteiger charge is -2.25. The number of hydrogen-bond acceptors (Lipinski definition) is 4. The zero-order valence-electron chi connectivity index (χ0n) is 9.98. The SMILES string of the molecule is CCOC(C)(C)CNS(=O)(=O)C(C)C(=O)O. The summed E-state index contributed by atoms with van der Waals surface area (Å²) in [5.41, 5.74) is -0.653. The molecule has 0 heterocycles. The number of nitrogens with one attached hydrogen (secondary N) is 1. The van der Waals surface area contributed by atoms with Crippen LogP contribution in [0.5, 0.6) is 0 Å². The maximum Gasteiger partial charge on any atom is 0.323 e. The topological polar surface area (TPSA) is 92.7 Å². The van der Waals surface area contributed by atoms with E-state index in [9.17, 15) is 13.2 Å². The van der Waals surface area contributed by atoms with Crippen molar-refractivity contribution < 1.29 is 23.1 Å². The zero-order valence-corrected chi connectivity index (χ0v) is 10.8. The number of carboxylic acids is 1. The Morgan fingerprint density at radius 3 is 2.38 bits per heavy atom. The van der Waals surface area contributed by atoms with Crippen LogP contribution in [-0.4, -0.2) is 43.5 Å². The van der Waals surface area contributed by atoms with Crippen LogP contribution in [0, 0.1) is 0 Å². The fraction of sp³-hybridized carbons (Fsp3) is 0.889. The first-order valence-electron chi connectivity index (χ1n) is 4.97. The average molecular weight is 253 g/mol. The highest BCUT2D eigenvalue weighted by molar-refractivity contribution is 7.90. The van der Waals surface area contributed by atoms with Crippen molar-refractivity contribution in [3.63, 3.8) is 0 Å². The van der Waals surface area contributed by atoms with Crippen LogP contribution in [0.2, 0.25) is 0 Å². The van der Waals surface area contributed by atoms with Crippen molar-refractivity contribution in [3.05, 3.63) is 0 Å². The molecule has 0 aliphatic rings. The third kappa shape index (κ3) is 4.91. The summed E-state index contributed by atoms with van der Waals surface area (Å²) < 4.78 is 30.5. The minimum atomic E-state index is -3.84. The monoisotopic (exact) mass is 253 g/mol. The molecule has 16 heavy (non-hydrogen) atoms.